The highest BCUT2D eigenvalue weighted by Crippen LogP contribution is 2.22. The zero-order chi connectivity index (χ0) is 16.9. The van der Waals surface area contributed by atoms with Gasteiger partial charge in [0.1, 0.15) is 0 Å². The molecule has 0 fully saturated rings. The van der Waals surface area contributed by atoms with E-state index in [1.165, 1.54) is 24.3 Å². The number of hydrogen-bond donors (Lipinski definition) is 0. The number of halogens is 6. The highest BCUT2D eigenvalue weighted by atomic mass is 35.5. The van der Waals surface area contributed by atoms with Gasteiger partial charge in [0.25, 0.3) is 10.5 Å². The van der Waals surface area contributed by atoms with Crippen molar-refractivity contribution in [1.29, 1.82) is 0 Å². The van der Waals surface area contributed by atoms with Crippen LogP contribution in [-0.2, 0) is 0 Å². The Balaban J connectivity index is 0.000000220. The lowest BCUT2D eigenvalue weighted by Crippen LogP contribution is -1.88. The molecule has 22 heavy (non-hydrogen) atoms. The van der Waals surface area contributed by atoms with E-state index in [2.05, 4.69) is 0 Å². The van der Waals surface area contributed by atoms with Crippen LogP contribution in [0.3, 0.4) is 0 Å². The summed E-state index contributed by atoms with van der Waals surface area (Å²) in [7, 11) is 0. The molecule has 2 aromatic carbocycles. The van der Waals surface area contributed by atoms with Gasteiger partial charge < -0.3 is 0 Å². The molecule has 0 aliphatic rings. The maximum Gasteiger partial charge on any atom is 0.253 e. The lowest BCUT2D eigenvalue weighted by molar-refractivity contribution is 0.107. The highest BCUT2D eigenvalue weighted by molar-refractivity contribution is 6.69. The van der Waals surface area contributed by atoms with Gasteiger partial charge in [-0.25, -0.2) is 0 Å². The highest BCUT2D eigenvalue weighted by Gasteiger charge is 2.07. The minimum absolute atomic E-state index is 0.275. The SMILES string of the molecule is O=C(Cl)c1ccc(Cl)cc1Cl.O=C(Cl)c1ccc(Cl)cc1Cl. The number of carbonyl (C=O) groups excluding carboxylic acids is 2. The van der Waals surface area contributed by atoms with Gasteiger partial charge in [0, 0.05) is 10.0 Å². The first kappa shape index (κ1) is 19.6. The van der Waals surface area contributed by atoms with E-state index in [-0.39, 0.29) is 21.2 Å². The van der Waals surface area contributed by atoms with E-state index in [0.29, 0.717) is 10.0 Å². The Morgan fingerprint density at radius 1 is 0.636 bits per heavy atom. The summed E-state index contributed by atoms with van der Waals surface area (Å²) in [4.78, 5) is 21.2. The molecule has 0 spiro atoms. The Kier molecular flexibility index (Phi) is 7.98. The maximum absolute atomic E-state index is 10.6. The van der Waals surface area contributed by atoms with E-state index in [9.17, 15) is 9.59 Å². The van der Waals surface area contributed by atoms with Crippen LogP contribution < -0.4 is 0 Å². The molecule has 2 nitrogen and oxygen atoms in total. The summed E-state index contributed by atoms with van der Waals surface area (Å²) >= 11 is 32.8. The van der Waals surface area contributed by atoms with Crippen molar-refractivity contribution >= 4 is 80.1 Å². The van der Waals surface area contributed by atoms with Crippen LogP contribution in [0.1, 0.15) is 20.7 Å². The van der Waals surface area contributed by atoms with Crippen LogP contribution in [0, 0.1) is 0 Å². The third kappa shape index (κ3) is 5.96. The predicted molar refractivity (Wildman–Crippen MR) is 93.3 cm³/mol. The second-order valence-corrected chi connectivity index (χ2v) is 6.17. The van der Waals surface area contributed by atoms with Gasteiger partial charge in [-0.2, -0.15) is 0 Å². The molecule has 0 aliphatic heterocycles. The van der Waals surface area contributed by atoms with Crippen molar-refractivity contribution in [3.05, 3.63) is 67.6 Å². The van der Waals surface area contributed by atoms with Crippen LogP contribution >= 0.6 is 69.6 Å². The van der Waals surface area contributed by atoms with Gasteiger partial charge in [-0.15, -0.1) is 0 Å². The topological polar surface area (TPSA) is 34.1 Å². The molecule has 0 amide bonds. The van der Waals surface area contributed by atoms with Crippen LogP contribution in [0.25, 0.3) is 0 Å². The summed E-state index contributed by atoms with van der Waals surface area (Å²) in [6.07, 6.45) is 0. The van der Waals surface area contributed by atoms with E-state index in [0.717, 1.165) is 0 Å². The summed E-state index contributed by atoms with van der Waals surface area (Å²) in [5, 5.41) is 0.363. The minimum atomic E-state index is -0.577. The van der Waals surface area contributed by atoms with E-state index in [1.54, 1.807) is 12.1 Å². The fourth-order valence-electron chi connectivity index (χ4n) is 1.30. The van der Waals surface area contributed by atoms with Crippen LogP contribution in [0.5, 0.6) is 0 Å². The van der Waals surface area contributed by atoms with Gasteiger partial charge in [0.05, 0.1) is 21.2 Å². The van der Waals surface area contributed by atoms with Crippen molar-refractivity contribution in [1.82, 2.24) is 0 Å². The number of rotatable bonds is 2. The molecule has 116 valence electrons. The van der Waals surface area contributed by atoms with Gasteiger partial charge in [-0.1, -0.05) is 46.4 Å². The molecular weight excluding hydrogens is 413 g/mol. The second kappa shape index (κ2) is 8.97. The predicted octanol–water partition coefficient (Wildman–Crippen LogP) is 6.74. The normalized spacial score (nSPS) is 9.73. The summed E-state index contributed by atoms with van der Waals surface area (Å²) in [6.45, 7) is 0. The summed E-state index contributed by atoms with van der Waals surface area (Å²) in [5.41, 5.74) is 0.551. The first-order valence-electron chi connectivity index (χ1n) is 5.52. The Hall–Kier alpha value is -0.480. The molecule has 8 heteroatoms. The molecular formula is C14H6Cl6O2. The Morgan fingerprint density at radius 2 is 0.955 bits per heavy atom. The van der Waals surface area contributed by atoms with Crippen LogP contribution in [0.4, 0.5) is 0 Å². The van der Waals surface area contributed by atoms with Crippen molar-refractivity contribution in [2.45, 2.75) is 0 Å². The third-order valence-electron chi connectivity index (χ3n) is 2.29. The molecule has 0 atom stereocenters. The van der Waals surface area contributed by atoms with Gasteiger partial charge in [-0.3, -0.25) is 9.59 Å². The van der Waals surface area contributed by atoms with Crippen molar-refractivity contribution < 1.29 is 9.59 Å². The molecule has 0 N–H and O–H groups in total. The molecule has 0 saturated heterocycles. The molecule has 0 aliphatic carbocycles. The molecule has 0 bridgehead atoms. The van der Waals surface area contributed by atoms with E-state index < -0.39 is 10.5 Å². The number of hydrogen-bond acceptors (Lipinski definition) is 2. The lowest BCUT2D eigenvalue weighted by Gasteiger charge is -1.96. The summed E-state index contributed by atoms with van der Waals surface area (Å²) < 4.78 is 0. The monoisotopic (exact) mass is 416 g/mol. The smallest absolute Gasteiger partial charge is 0.253 e. The number of benzene rings is 2. The largest absolute Gasteiger partial charge is 0.276 e. The first-order chi connectivity index (χ1) is 10.2. The van der Waals surface area contributed by atoms with Gasteiger partial charge in [-0.05, 0) is 59.6 Å². The lowest BCUT2D eigenvalue weighted by atomic mass is 10.2. The Bertz CT molecular complexity index is 653. The van der Waals surface area contributed by atoms with Gasteiger partial charge in [0.15, 0.2) is 0 Å². The van der Waals surface area contributed by atoms with Gasteiger partial charge in [0.2, 0.25) is 0 Å². The second-order valence-electron chi connectivity index (χ2n) is 3.80. The number of carbonyl (C=O) groups is 2. The standard InChI is InChI=1S/2C7H3Cl3O/c2*8-4-1-2-5(7(10)11)6(9)3-4/h2*1-3H. The zero-order valence-corrected chi connectivity index (χ0v) is 15.1. The Morgan fingerprint density at radius 3 is 1.18 bits per heavy atom. The van der Waals surface area contributed by atoms with Crippen LogP contribution in [0.15, 0.2) is 36.4 Å². The molecule has 0 heterocycles. The minimum Gasteiger partial charge on any atom is -0.276 e. The molecule has 2 rings (SSSR count). The molecule has 0 aromatic heterocycles. The van der Waals surface area contributed by atoms with E-state index >= 15 is 0 Å². The van der Waals surface area contributed by atoms with Crippen LogP contribution in [0.2, 0.25) is 20.1 Å². The van der Waals surface area contributed by atoms with Crippen molar-refractivity contribution in [3.63, 3.8) is 0 Å². The van der Waals surface area contributed by atoms with Crippen LogP contribution in [-0.4, -0.2) is 10.5 Å². The van der Waals surface area contributed by atoms with E-state index in [4.69, 9.17) is 69.6 Å². The average molecular weight is 419 g/mol. The van der Waals surface area contributed by atoms with Crippen molar-refractivity contribution in [3.8, 4) is 0 Å². The third-order valence-corrected chi connectivity index (χ3v) is 3.79. The molecule has 0 saturated carbocycles. The first-order valence-corrected chi connectivity index (χ1v) is 7.79. The fraction of sp³-hybridized carbons (Fsp3) is 0. The zero-order valence-electron chi connectivity index (χ0n) is 10.5. The quantitative estimate of drug-likeness (QED) is 0.506. The maximum atomic E-state index is 10.6. The summed E-state index contributed by atoms with van der Waals surface area (Å²) in [5.74, 6) is 0. The fourth-order valence-corrected chi connectivity index (χ4v) is 2.71. The molecule has 2 aromatic rings. The summed E-state index contributed by atoms with van der Waals surface area (Å²) in [6, 6.07) is 9.03. The van der Waals surface area contributed by atoms with Gasteiger partial charge >= 0.3 is 0 Å². The van der Waals surface area contributed by atoms with Crippen molar-refractivity contribution in [2.75, 3.05) is 0 Å². The van der Waals surface area contributed by atoms with E-state index in [1.807, 2.05) is 0 Å². The average Bonchev–Trinajstić information content (AvgIpc) is 2.38. The van der Waals surface area contributed by atoms with Crippen molar-refractivity contribution in [2.24, 2.45) is 0 Å². The Labute approximate surface area is 156 Å². The molecule has 0 radical (unpaired) electrons. The molecule has 0 unspecified atom stereocenters.